The number of carbonyl (C=O) groups is 1. The summed E-state index contributed by atoms with van der Waals surface area (Å²) in [5.74, 6) is 0.572. The second-order valence-electron chi connectivity index (χ2n) is 4.21. The van der Waals surface area contributed by atoms with E-state index in [1.807, 2.05) is 38.1 Å². The summed E-state index contributed by atoms with van der Waals surface area (Å²) in [4.78, 5) is 11.6. The van der Waals surface area contributed by atoms with E-state index in [1.165, 1.54) is 0 Å². The summed E-state index contributed by atoms with van der Waals surface area (Å²) >= 11 is 0. The Morgan fingerprint density at radius 3 is 2.67 bits per heavy atom. The fourth-order valence-electron chi connectivity index (χ4n) is 1.68. The number of benzene rings is 1. The van der Waals surface area contributed by atoms with Gasteiger partial charge in [-0.3, -0.25) is 4.79 Å². The molecular formula is C14H22N2O2. The van der Waals surface area contributed by atoms with Crippen molar-refractivity contribution in [2.45, 2.75) is 39.3 Å². The lowest BCUT2D eigenvalue weighted by molar-refractivity contribution is -0.127. The topological polar surface area (TPSA) is 64.3 Å². The molecule has 1 unspecified atom stereocenters. The fraction of sp³-hybridized carbons (Fsp3) is 0.500. The summed E-state index contributed by atoms with van der Waals surface area (Å²) in [6, 6.07) is 7.52. The highest BCUT2D eigenvalue weighted by atomic mass is 16.5. The van der Waals surface area contributed by atoms with E-state index in [0.29, 0.717) is 12.3 Å². The van der Waals surface area contributed by atoms with Crippen molar-refractivity contribution in [3.63, 3.8) is 0 Å². The standard InChI is InChI=1S/C14H22N2O2/c1-4-12(15)11-8-6-7-9-13(11)18-10(3)14(17)16-5-2/h6-10,12H,4-5,15H2,1-3H3,(H,16,17)/t10?,12-/m1/s1. The monoisotopic (exact) mass is 250 g/mol. The largest absolute Gasteiger partial charge is 0.481 e. The minimum Gasteiger partial charge on any atom is -0.481 e. The molecule has 18 heavy (non-hydrogen) atoms. The Hall–Kier alpha value is -1.55. The quantitative estimate of drug-likeness (QED) is 0.811. The van der Waals surface area contributed by atoms with Crippen molar-refractivity contribution in [3.05, 3.63) is 29.8 Å². The van der Waals surface area contributed by atoms with Gasteiger partial charge in [-0.25, -0.2) is 0 Å². The predicted molar refractivity (Wildman–Crippen MR) is 72.4 cm³/mol. The van der Waals surface area contributed by atoms with E-state index in [4.69, 9.17) is 10.5 Å². The van der Waals surface area contributed by atoms with Crippen LogP contribution in [0.1, 0.15) is 38.8 Å². The molecule has 4 heteroatoms. The predicted octanol–water partition coefficient (Wildman–Crippen LogP) is 2.00. The van der Waals surface area contributed by atoms with Gasteiger partial charge >= 0.3 is 0 Å². The first-order chi connectivity index (χ1) is 8.60. The molecule has 1 aromatic carbocycles. The molecule has 0 fully saturated rings. The smallest absolute Gasteiger partial charge is 0.260 e. The second kappa shape index (κ2) is 7.01. The first-order valence-corrected chi connectivity index (χ1v) is 6.39. The zero-order chi connectivity index (χ0) is 13.5. The Balaban J connectivity index is 2.80. The zero-order valence-electron chi connectivity index (χ0n) is 11.3. The summed E-state index contributed by atoms with van der Waals surface area (Å²) in [5.41, 5.74) is 6.97. The second-order valence-corrected chi connectivity index (χ2v) is 4.21. The minimum atomic E-state index is -0.518. The van der Waals surface area contributed by atoms with E-state index in [1.54, 1.807) is 6.92 Å². The molecule has 0 radical (unpaired) electrons. The minimum absolute atomic E-state index is 0.0670. The van der Waals surface area contributed by atoms with Gasteiger partial charge in [0.05, 0.1) is 0 Å². The Morgan fingerprint density at radius 1 is 1.39 bits per heavy atom. The van der Waals surface area contributed by atoms with Gasteiger partial charge in [0.15, 0.2) is 6.10 Å². The van der Waals surface area contributed by atoms with Crippen molar-refractivity contribution in [2.75, 3.05) is 6.54 Å². The van der Waals surface area contributed by atoms with Crippen molar-refractivity contribution in [1.82, 2.24) is 5.32 Å². The van der Waals surface area contributed by atoms with Crippen molar-refractivity contribution in [2.24, 2.45) is 5.73 Å². The van der Waals surface area contributed by atoms with Crippen molar-refractivity contribution >= 4 is 5.91 Å². The van der Waals surface area contributed by atoms with E-state index < -0.39 is 6.10 Å². The van der Waals surface area contributed by atoms with Gasteiger partial charge in [-0.1, -0.05) is 25.1 Å². The normalized spacial score (nSPS) is 13.8. The molecule has 0 aliphatic rings. The van der Waals surface area contributed by atoms with Gasteiger partial charge in [-0.15, -0.1) is 0 Å². The van der Waals surface area contributed by atoms with E-state index in [9.17, 15) is 4.79 Å². The summed E-state index contributed by atoms with van der Waals surface area (Å²) in [7, 11) is 0. The van der Waals surface area contributed by atoms with Crippen LogP contribution < -0.4 is 15.8 Å². The van der Waals surface area contributed by atoms with E-state index in [0.717, 1.165) is 12.0 Å². The lowest BCUT2D eigenvalue weighted by atomic mass is 10.0. The summed E-state index contributed by atoms with van der Waals surface area (Å²) in [6.45, 7) is 6.24. The molecule has 0 heterocycles. The van der Waals surface area contributed by atoms with Crippen LogP contribution in [-0.4, -0.2) is 18.6 Å². The molecule has 0 aliphatic carbocycles. The van der Waals surface area contributed by atoms with Crippen molar-refractivity contribution in [1.29, 1.82) is 0 Å². The van der Waals surface area contributed by atoms with Crippen LogP contribution in [0.3, 0.4) is 0 Å². The first kappa shape index (κ1) is 14.5. The van der Waals surface area contributed by atoms with Crippen LogP contribution in [0.4, 0.5) is 0 Å². The van der Waals surface area contributed by atoms with Crippen LogP contribution in [0.5, 0.6) is 5.75 Å². The average molecular weight is 250 g/mol. The highest BCUT2D eigenvalue weighted by molar-refractivity contribution is 5.80. The SMILES string of the molecule is CCNC(=O)C(C)Oc1ccccc1[C@H](N)CC. The number of carbonyl (C=O) groups excluding carboxylic acids is 1. The number of ether oxygens (including phenoxy) is 1. The molecule has 0 aliphatic heterocycles. The molecule has 4 nitrogen and oxygen atoms in total. The molecule has 100 valence electrons. The van der Waals surface area contributed by atoms with Crippen LogP contribution in [0.25, 0.3) is 0 Å². The third kappa shape index (κ3) is 3.74. The molecule has 1 rings (SSSR count). The van der Waals surface area contributed by atoms with Gasteiger partial charge in [-0.2, -0.15) is 0 Å². The average Bonchev–Trinajstić information content (AvgIpc) is 2.38. The molecule has 0 bridgehead atoms. The summed E-state index contributed by atoms with van der Waals surface area (Å²) < 4.78 is 5.69. The van der Waals surface area contributed by atoms with Gasteiger partial charge in [-0.05, 0) is 26.3 Å². The first-order valence-electron chi connectivity index (χ1n) is 6.39. The van der Waals surface area contributed by atoms with Crippen molar-refractivity contribution in [3.8, 4) is 5.75 Å². The lowest BCUT2D eigenvalue weighted by Gasteiger charge is -2.19. The molecule has 0 saturated heterocycles. The number of hydrogen-bond acceptors (Lipinski definition) is 3. The maximum absolute atomic E-state index is 11.6. The number of para-hydroxylation sites is 1. The van der Waals surface area contributed by atoms with Crippen LogP contribution in [0, 0.1) is 0 Å². The maximum atomic E-state index is 11.6. The molecule has 3 N–H and O–H groups in total. The number of amides is 1. The molecule has 1 aromatic rings. The highest BCUT2D eigenvalue weighted by Gasteiger charge is 2.17. The number of nitrogens with one attached hydrogen (secondary N) is 1. The van der Waals surface area contributed by atoms with E-state index in [2.05, 4.69) is 5.32 Å². The number of rotatable bonds is 6. The van der Waals surface area contributed by atoms with Gasteiger partial charge < -0.3 is 15.8 Å². The number of likely N-dealkylation sites (N-methyl/N-ethyl adjacent to an activating group) is 1. The fourth-order valence-corrected chi connectivity index (χ4v) is 1.68. The zero-order valence-corrected chi connectivity index (χ0v) is 11.3. The summed E-state index contributed by atoms with van der Waals surface area (Å²) in [5, 5.41) is 2.73. The maximum Gasteiger partial charge on any atom is 0.260 e. The molecule has 0 spiro atoms. The highest BCUT2D eigenvalue weighted by Crippen LogP contribution is 2.26. The van der Waals surface area contributed by atoms with Crippen LogP contribution >= 0.6 is 0 Å². The van der Waals surface area contributed by atoms with Gasteiger partial charge in [0.1, 0.15) is 5.75 Å². The Kier molecular flexibility index (Phi) is 5.65. The van der Waals surface area contributed by atoms with Crippen LogP contribution in [0.2, 0.25) is 0 Å². The number of hydrogen-bond donors (Lipinski definition) is 2. The van der Waals surface area contributed by atoms with Crippen LogP contribution in [-0.2, 0) is 4.79 Å². The molecule has 0 saturated carbocycles. The van der Waals surface area contributed by atoms with E-state index in [-0.39, 0.29) is 11.9 Å². The third-order valence-electron chi connectivity index (χ3n) is 2.78. The van der Waals surface area contributed by atoms with E-state index >= 15 is 0 Å². The van der Waals surface area contributed by atoms with Gasteiger partial charge in [0.2, 0.25) is 0 Å². The lowest BCUT2D eigenvalue weighted by Crippen LogP contribution is -2.36. The summed E-state index contributed by atoms with van der Waals surface area (Å²) in [6.07, 6.45) is 0.311. The third-order valence-corrected chi connectivity index (χ3v) is 2.78. The molecule has 0 aromatic heterocycles. The van der Waals surface area contributed by atoms with Gasteiger partial charge in [0, 0.05) is 18.2 Å². The Labute approximate surface area is 109 Å². The van der Waals surface area contributed by atoms with Crippen LogP contribution in [0.15, 0.2) is 24.3 Å². The number of nitrogens with two attached hydrogens (primary N) is 1. The Bertz CT molecular complexity index is 393. The molecule has 1 amide bonds. The van der Waals surface area contributed by atoms with Gasteiger partial charge in [0.25, 0.3) is 5.91 Å². The van der Waals surface area contributed by atoms with Crippen molar-refractivity contribution < 1.29 is 9.53 Å². The molecular weight excluding hydrogens is 228 g/mol. The molecule has 2 atom stereocenters. The Morgan fingerprint density at radius 2 is 2.06 bits per heavy atom.